The molecule has 0 spiro atoms. The molecule has 9 heteroatoms. The van der Waals surface area contributed by atoms with Gasteiger partial charge in [-0.1, -0.05) is 75.7 Å². The Hall–Kier alpha value is -5.23. The van der Waals surface area contributed by atoms with Crippen LogP contribution in [0.3, 0.4) is 0 Å². The molecular weight excluding hydrogens is 538 g/mol. The van der Waals surface area contributed by atoms with Crippen LogP contribution in [0.4, 0.5) is 0 Å². The summed E-state index contributed by atoms with van der Waals surface area (Å²) < 4.78 is 12.8. The average molecular weight is 582 g/mol. The molecule has 228 valence electrons. The van der Waals surface area contributed by atoms with Gasteiger partial charge in [0.15, 0.2) is 0 Å². The number of nitriles is 1. The molecule has 0 heterocycles. The number of hydrogen-bond acceptors (Lipinski definition) is 8. The molecule has 0 saturated carbocycles. The Kier molecular flexibility index (Phi) is 28.5. The predicted molar refractivity (Wildman–Crippen MR) is 166 cm³/mol. The van der Waals surface area contributed by atoms with Crippen molar-refractivity contribution in [1.82, 2.24) is 0 Å². The van der Waals surface area contributed by atoms with Gasteiger partial charge in [0.2, 0.25) is 0 Å². The van der Waals surface area contributed by atoms with Gasteiger partial charge in [0.25, 0.3) is 0 Å². The Bertz CT molecular complexity index is 1150. The molecule has 0 saturated heterocycles. The zero-order valence-corrected chi connectivity index (χ0v) is 24.7. The normalized spacial score (nSPS) is 8.57. The number of carboxylic acids is 1. The SMILES string of the molecule is C.C/C(C#N)=C/c1ccccc1.C=C(C)C(=O)OC.C=C(C)C(=O)OC.C=C(C)C(=O)OC.O=C(O)c1ccccc1. The molecule has 2 rings (SSSR count). The maximum Gasteiger partial charge on any atom is 0.335 e. The van der Waals surface area contributed by atoms with E-state index in [9.17, 15) is 19.2 Å². The van der Waals surface area contributed by atoms with Crippen LogP contribution in [0, 0.1) is 11.3 Å². The molecule has 1 N–H and O–H groups in total. The minimum absolute atomic E-state index is 0. The van der Waals surface area contributed by atoms with E-state index in [1.54, 1.807) is 58.0 Å². The molecule has 0 aliphatic heterocycles. The van der Waals surface area contributed by atoms with Crippen LogP contribution in [0.15, 0.2) is 103 Å². The Morgan fingerprint density at radius 2 is 1.00 bits per heavy atom. The second-order valence-electron chi connectivity index (χ2n) is 7.84. The van der Waals surface area contributed by atoms with E-state index in [-0.39, 0.29) is 25.3 Å². The molecule has 0 bridgehead atoms. The number of carbonyl (C=O) groups excluding carboxylic acids is 3. The smallest absolute Gasteiger partial charge is 0.335 e. The fraction of sp³-hybridized carbons (Fsp3) is 0.242. The van der Waals surface area contributed by atoms with Crippen LogP contribution < -0.4 is 0 Å². The lowest BCUT2D eigenvalue weighted by molar-refractivity contribution is -0.136. The summed E-state index contributed by atoms with van der Waals surface area (Å²) in [6, 6.07) is 20.2. The summed E-state index contributed by atoms with van der Waals surface area (Å²) >= 11 is 0. The monoisotopic (exact) mass is 581 g/mol. The van der Waals surface area contributed by atoms with Crippen LogP contribution >= 0.6 is 0 Å². The number of allylic oxidation sites excluding steroid dienone is 1. The van der Waals surface area contributed by atoms with Crippen molar-refractivity contribution in [3.63, 3.8) is 0 Å². The molecule has 0 fully saturated rings. The molecule has 9 nitrogen and oxygen atoms in total. The summed E-state index contributed by atoms with van der Waals surface area (Å²) in [7, 11) is 3.99. The van der Waals surface area contributed by atoms with E-state index >= 15 is 0 Å². The minimum Gasteiger partial charge on any atom is -0.478 e. The van der Waals surface area contributed by atoms with Crippen molar-refractivity contribution in [1.29, 1.82) is 5.26 Å². The molecule has 2 aromatic rings. The number of esters is 3. The summed E-state index contributed by atoms with van der Waals surface area (Å²) in [4.78, 5) is 40.8. The van der Waals surface area contributed by atoms with Crippen LogP contribution in [0.1, 0.15) is 51.0 Å². The largest absolute Gasteiger partial charge is 0.478 e. The third-order valence-corrected chi connectivity index (χ3v) is 3.98. The molecule has 2 aromatic carbocycles. The van der Waals surface area contributed by atoms with Crippen molar-refractivity contribution >= 4 is 30.0 Å². The van der Waals surface area contributed by atoms with E-state index in [0.29, 0.717) is 22.3 Å². The zero-order valence-electron chi connectivity index (χ0n) is 24.7. The van der Waals surface area contributed by atoms with Crippen molar-refractivity contribution in [2.75, 3.05) is 21.3 Å². The third-order valence-electron chi connectivity index (χ3n) is 3.98. The zero-order chi connectivity index (χ0) is 32.4. The number of rotatable bonds is 5. The van der Waals surface area contributed by atoms with Crippen LogP contribution in [0.2, 0.25) is 0 Å². The van der Waals surface area contributed by atoms with Gasteiger partial charge in [-0.2, -0.15) is 5.26 Å². The maximum absolute atomic E-state index is 10.2. The highest BCUT2D eigenvalue weighted by Crippen LogP contribution is 2.04. The molecule has 0 radical (unpaired) electrons. The predicted octanol–water partition coefficient (Wildman–Crippen LogP) is 6.84. The van der Waals surface area contributed by atoms with E-state index in [2.05, 4.69) is 40.0 Å². The number of nitrogens with zero attached hydrogens (tertiary/aromatic N) is 1. The lowest BCUT2D eigenvalue weighted by Gasteiger charge is -1.91. The lowest BCUT2D eigenvalue weighted by Crippen LogP contribution is -1.98. The topological polar surface area (TPSA) is 140 Å². The number of benzene rings is 2. The van der Waals surface area contributed by atoms with Gasteiger partial charge >= 0.3 is 23.9 Å². The fourth-order valence-corrected chi connectivity index (χ4v) is 1.93. The Morgan fingerprint density at radius 3 is 1.19 bits per heavy atom. The number of aromatic carboxylic acids is 1. The van der Waals surface area contributed by atoms with Gasteiger partial charge in [-0.05, 0) is 51.5 Å². The first-order valence-electron chi connectivity index (χ1n) is 11.8. The van der Waals surface area contributed by atoms with Gasteiger partial charge < -0.3 is 19.3 Å². The van der Waals surface area contributed by atoms with E-state index in [1.165, 1.54) is 21.3 Å². The molecule has 0 unspecified atom stereocenters. The highest BCUT2D eigenvalue weighted by atomic mass is 16.5. The Balaban J connectivity index is -0.000000217. The van der Waals surface area contributed by atoms with E-state index in [0.717, 1.165) is 11.1 Å². The first-order chi connectivity index (χ1) is 19.2. The number of carboxylic acid groups (broad SMARTS) is 1. The van der Waals surface area contributed by atoms with Crippen LogP contribution in [-0.2, 0) is 28.6 Å². The summed E-state index contributed by atoms with van der Waals surface area (Å²) in [5, 5.41) is 16.9. The molecule has 0 aliphatic carbocycles. The highest BCUT2D eigenvalue weighted by Gasteiger charge is 1.97. The average Bonchev–Trinajstić information content (AvgIpc) is 2.97. The first kappa shape index (κ1) is 43.8. The van der Waals surface area contributed by atoms with Crippen molar-refractivity contribution in [3.05, 3.63) is 114 Å². The van der Waals surface area contributed by atoms with Gasteiger partial charge in [0.1, 0.15) is 0 Å². The minimum atomic E-state index is -0.879. The standard InChI is InChI=1S/C10H9N.C7H6O2.3C5H8O2.CH4/c1-9(8-11)7-10-5-3-2-4-6-10;8-7(9)6-4-2-1-3-5-6;3*1-4(2)5(6)7-3;/h2-7H,1H3;1-5H,(H,8,9);3*1H2,2-3H3;1H4/b9-7-;;;;;. The molecule has 0 aliphatic rings. The van der Waals surface area contributed by atoms with Gasteiger partial charge in [-0.3, -0.25) is 0 Å². The quantitative estimate of drug-likeness (QED) is 0.174. The third kappa shape index (κ3) is 26.4. The van der Waals surface area contributed by atoms with Gasteiger partial charge in [0.05, 0.1) is 33.0 Å². The first-order valence-corrected chi connectivity index (χ1v) is 11.8. The van der Waals surface area contributed by atoms with Gasteiger partial charge in [0, 0.05) is 22.3 Å². The van der Waals surface area contributed by atoms with Crippen LogP contribution in [0.25, 0.3) is 6.08 Å². The molecule has 0 aromatic heterocycles. The van der Waals surface area contributed by atoms with Crippen molar-refractivity contribution in [2.45, 2.75) is 35.1 Å². The second kappa shape index (κ2) is 27.3. The van der Waals surface area contributed by atoms with Gasteiger partial charge in [-0.25, -0.2) is 19.2 Å². The van der Waals surface area contributed by atoms with Crippen molar-refractivity contribution < 1.29 is 38.5 Å². The molecular formula is C33H43NO8. The molecule has 0 amide bonds. The second-order valence-corrected chi connectivity index (χ2v) is 7.84. The lowest BCUT2D eigenvalue weighted by atomic mass is 10.1. The fourth-order valence-electron chi connectivity index (χ4n) is 1.93. The van der Waals surface area contributed by atoms with E-state index in [4.69, 9.17) is 10.4 Å². The van der Waals surface area contributed by atoms with E-state index < -0.39 is 5.97 Å². The summed E-state index contributed by atoms with van der Waals surface area (Å²) in [5.74, 6) is -1.92. The number of methoxy groups -OCH3 is 3. The highest BCUT2D eigenvalue weighted by molar-refractivity contribution is 5.88. The number of ether oxygens (including phenoxy) is 3. The van der Waals surface area contributed by atoms with E-state index in [1.807, 2.05) is 36.4 Å². The summed E-state index contributed by atoms with van der Waals surface area (Å²) in [5.41, 5.74) is 3.44. The Morgan fingerprint density at radius 1 is 0.690 bits per heavy atom. The summed E-state index contributed by atoms with van der Waals surface area (Å²) in [6.45, 7) is 16.7. The van der Waals surface area contributed by atoms with Crippen molar-refractivity contribution in [3.8, 4) is 6.07 Å². The number of hydrogen-bond donors (Lipinski definition) is 1. The van der Waals surface area contributed by atoms with Gasteiger partial charge in [-0.15, -0.1) is 0 Å². The van der Waals surface area contributed by atoms with Crippen LogP contribution in [-0.4, -0.2) is 50.3 Å². The van der Waals surface area contributed by atoms with Crippen molar-refractivity contribution in [2.24, 2.45) is 0 Å². The Labute approximate surface area is 250 Å². The molecule has 42 heavy (non-hydrogen) atoms. The number of carbonyl (C=O) groups is 4. The summed E-state index contributed by atoms with van der Waals surface area (Å²) in [6.07, 6.45) is 1.86. The molecule has 0 atom stereocenters. The maximum atomic E-state index is 10.2. The van der Waals surface area contributed by atoms with Crippen LogP contribution in [0.5, 0.6) is 0 Å².